The SMILES string of the molecule is CC(C)(C)OC(=O)NS(=O)(=O)N1CCN(c2cccc(CC(=O)O)c2)CC1. The molecule has 0 saturated carbocycles. The van der Waals surface area contributed by atoms with Crippen molar-refractivity contribution in [3.8, 4) is 0 Å². The fraction of sp³-hybridized carbons (Fsp3) is 0.529. The molecule has 1 saturated heterocycles. The molecule has 0 aliphatic carbocycles. The van der Waals surface area contributed by atoms with Gasteiger partial charge in [-0.05, 0) is 38.5 Å². The monoisotopic (exact) mass is 399 g/mol. The summed E-state index contributed by atoms with van der Waals surface area (Å²) in [5.74, 6) is -0.906. The Morgan fingerprint density at radius 1 is 1.19 bits per heavy atom. The molecule has 0 bridgehead atoms. The second-order valence-electron chi connectivity index (χ2n) is 7.24. The van der Waals surface area contributed by atoms with Gasteiger partial charge >= 0.3 is 22.3 Å². The minimum atomic E-state index is -3.98. The lowest BCUT2D eigenvalue weighted by atomic mass is 10.1. The first-order chi connectivity index (χ1) is 12.5. The maximum atomic E-state index is 12.3. The van der Waals surface area contributed by atoms with E-state index in [4.69, 9.17) is 9.84 Å². The summed E-state index contributed by atoms with van der Waals surface area (Å²) in [6.07, 6.45) is -1.08. The minimum Gasteiger partial charge on any atom is -0.481 e. The molecule has 0 radical (unpaired) electrons. The first kappa shape index (κ1) is 21.0. The molecule has 150 valence electrons. The summed E-state index contributed by atoms with van der Waals surface area (Å²) in [5.41, 5.74) is 0.728. The van der Waals surface area contributed by atoms with Gasteiger partial charge in [-0.1, -0.05) is 12.1 Å². The van der Waals surface area contributed by atoms with E-state index >= 15 is 0 Å². The summed E-state index contributed by atoms with van der Waals surface area (Å²) >= 11 is 0. The predicted molar refractivity (Wildman–Crippen MR) is 99.9 cm³/mol. The summed E-state index contributed by atoms with van der Waals surface area (Å²) in [6, 6.07) is 7.16. The number of nitrogens with zero attached hydrogens (tertiary/aromatic N) is 2. The number of carbonyl (C=O) groups is 2. The van der Waals surface area contributed by atoms with E-state index in [1.165, 1.54) is 4.31 Å². The van der Waals surface area contributed by atoms with E-state index in [0.29, 0.717) is 18.7 Å². The largest absolute Gasteiger partial charge is 0.481 e. The third kappa shape index (κ3) is 6.40. The summed E-state index contributed by atoms with van der Waals surface area (Å²) in [5, 5.41) is 8.90. The molecule has 10 heteroatoms. The van der Waals surface area contributed by atoms with Crippen LogP contribution in [0.3, 0.4) is 0 Å². The number of hydrogen-bond acceptors (Lipinski definition) is 6. The summed E-state index contributed by atoms with van der Waals surface area (Å²) in [4.78, 5) is 24.6. The van der Waals surface area contributed by atoms with E-state index in [-0.39, 0.29) is 19.5 Å². The van der Waals surface area contributed by atoms with Gasteiger partial charge < -0.3 is 14.7 Å². The highest BCUT2D eigenvalue weighted by atomic mass is 32.2. The molecule has 2 N–H and O–H groups in total. The van der Waals surface area contributed by atoms with Gasteiger partial charge in [0, 0.05) is 31.9 Å². The molecule has 1 aromatic carbocycles. The fourth-order valence-corrected chi connectivity index (χ4v) is 3.72. The van der Waals surface area contributed by atoms with Crippen molar-refractivity contribution in [1.29, 1.82) is 0 Å². The molecule has 1 amide bonds. The first-order valence-corrected chi connectivity index (χ1v) is 9.97. The average Bonchev–Trinajstić information content (AvgIpc) is 2.52. The van der Waals surface area contributed by atoms with Crippen molar-refractivity contribution in [3.63, 3.8) is 0 Å². The lowest BCUT2D eigenvalue weighted by Gasteiger charge is -2.35. The van der Waals surface area contributed by atoms with Crippen LogP contribution >= 0.6 is 0 Å². The van der Waals surface area contributed by atoms with Crippen LogP contribution in [-0.2, 0) is 26.2 Å². The van der Waals surface area contributed by atoms with Crippen LogP contribution in [0.2, 0.25) is 0 Å². The van der Waals surface area contributed by atoms with E-state index in [1.54, 1.807) is 39.0 Å². The Kier molecular flexibility index (Phi) is 6.32. The molecule has 1 aliphatic heterocycles. The number of amides is 1. The van der Waals surface area contributed by atoms with Gasteiger partial charge in [0.25, 0.3) is 0 Å². The van der Waals surface area contributed by atoms with Crippen molar-refractivity contribution in [2.45, 2.75) is 32.8 Å². The number of anilines is 1. The van der Waals surface area contributed by atoms with Crippen LogP contribution in [0, 0.1) is 0 Å². The van der Waals surface area contributed by atoms with Gasteiger partial charge in [0.1, 0.15) is 5.60 Å². The quantitative estimate of drug-likeness (QED) is 0.764. The lowest BCUT2D eigenvalue weighted by molar-refractivity contribution is -0.136. The molecule has 27 heavy (non-hydrogen) atoms. The number of hydrogen-bond donors (Lipinski definition) is 2. The summed E-state index contributed by atoms with van der Waals surface area (Å²) in [7, 11) is -3.98. The minimum absolute atomic E-state index is 0.0675. The molecule has 0 atom stereocenters. The van der Waals surface area contributed by atoms with Gasteiger partial charge in [-0.2, -0.15) is 12.7 Å². The molecule has 1 fully saturated rings. The number of benzene rings is 1. The number of carbonyl (C=O) groups excluding carboxylic acids is 1. The van der Waals surface area contributed by atoms with Crippen molar-refractivity contribution in [1.82, 2.24) is 9.03 Å². The molecular weight excluding hydrogens is 374 g/mol. The molecule has 0 aromatic heterocycles. The van der Waals surface area contributed by atoms with Gasteiger partial charge in [0.15, 0.2) is 0 Å². The van der Waals surface area contributed by atoms with Gasteiger partial charge in [0.05, 0.1) is 6.42 Å². The number of carboxylic acids is 1. The number of carboxylic acid groups (broad SMARTS) is 1. The Morgan fingerprint density at radius 2 is 1.81 bits per heavy atom. The number of rotatable bonds is 5. The highest BCUT2D eigenvalue weighted by Gasteiger charge is 2.30. The van der Waals surface area contributed by atoms with Crippen LogP contribution in [0.25, 0.3) is 0 Å². The zero-order chi connectivity index (χ0) is 20.2. The van der Waals surface area contributed by atoms with E-state index in [2.05, 4.69) is 0 Å². The smallest absolute Gasteiger partial charge is 0.422 e. The zero-order valence-corrected chi connectivity index (χ0v) is 16.5. The Labute approximate surface area is 159 Å². The Morgan fingerprint density at radius 3 is 2.37 bits per heavy atom. The van der Waals surface area contributed by atoms with Gasteiger partial charge in [-0.25, -0.2) is 9.52 Å². The van der Waals surface area contributed by atoms with E-state index in [9.17, 15) is 18.0 Å². The van der Waals surface area contributed by atoms with Crippen LogP contribution in [0.1, 0.15) is 26.3 Å². The van der Waals surface area contributed by atoms with Gasteiger partial charge in [0.2, 0.25) is 0 Å². The fourth-order valence-electron chi connectivity index (χ4n) is 2.69. The second-order valence-corrected chi connectivity index (χ2v) is 8.91. The van der Waals surface area contributed by atoms with Crippen molar-refractivity contribution < 1.29 is 27.9 Å². The third-order valence-corrected chi connectivity index (χ3v) is 5.29. The van der Waals surface area contributed by atoms with Crippen LogP contribution in [0.5, 0.6) is 0 Å². The Balaban J connectivity index is 1.96. The van der Waals surface area contributed by atoms with Crippen molar-refractivity contribution in [2.75, 3.05) is 31.1 Å². The van der Waals surface area contributed by atoms with Gasteiger partial charge in [-0.3, -0.25) is 4.79 Å². The maximum Gasteiger partial charge on any atom is 0.422 e. The van der Waals surface area contributed by atoms with E-state index in [0.717, 1.165) is 5.69 Å². The Hall–Kier alpha value is -2.33. The topological polar surface area (TPSA) is 116 Å². The van der Waals surface area contributed by atoms with Crippen molar-refractivity contribution in [2.24, 2.45) is 0 Å². The third-order valence-electron chi connectivity index (χ3n) is 3.82. The summed E-state index contributed by atoms with van der Waals surface area (Å²) < 4.78 is 32.8. The van der Waals surface area contributed by atoms with E-state index in [1.807, 2.05) is 15.7 Å². The Bertz CT molecular complexity index is 795. The maximum absolute atomic E-state index is 12.3. The standard InChI is InChI=1S/C17H25N3O6S/c1-17(2,3)26-16(23)18-27(24,25)20-9-7-19(8-10-20)14-6-4-5-13(11-14)12-15(21)22/h4-6,11H,7-10,12H2,1-3H3,(H,18,23)(H,21,22). The van der Waals surface area contributed by atoms with Crippen LogP contribution in [0.4, 0.5) is 10.5 Å². The highest BCUT2D eigenvalue weighted by molar-refractivity contribution is 7.87. The predicted octanol–water partition coefficient (Wildman–Crippen LogP) is 1.21. The number of ether oxygens (including phenoxy) is 1. The normalized spacial score (nSPS) is 16.0. The highest BCUT2D eigenvalue weighted by Crippen LogP contribution is 2.19. The summed E-state index contributed by atoms with van der Waals surface area (Å²) in [6.45, 7) is 6.18. The first-order valence-electron chi connectivity index (χ1n) is 8.53. The van der Waals surface area contributed by atoms with Crippen molar-refractivity contribution in [3.05, 3.63) is 29.8 Å². The molecule has 2 rings (SSSR count). The number of aliphatic carboxylic acids is 1. The van der Waals surface area contributed by atoms with Crippen LogP contribution in [-0.4, -0.2) is 61.7 Å². The molecule has 9 nitrogen and oxygen atoms in total. The lowest BCUT2D eigenvalue weighted by Crippen LogP contribution is -2.53. The van der Waals surface area contributed by atoms with Crippen LogP contribution < -0.4 is 9.62 Å². The van der Waals surface area contributed by atoms with E-state index < -0.39 is 27.9 Å². The van der Waals surface area contributed by atoms with Crippen LogP contribution in [0.15, 0.2) is 24.3 Å². The molecule has 0 unspecified atom stereocenters. The molecular formula is C17H25N3O6S. The molecule has 1 aliphatic rings. The average molecular weight is 399 g/mol. The molecule has 1 heterocycles. The number of piperazine rings is 1. The molecule has 0 spiro atoms. The molecule has 1 aromatic rings. The zero-order valence-electron chi connectivity index (χ0n) is 15.6. The second kappa shape index (κ2) is 8.13. The number of nitrogens with one attached hydrogen (secondary N) is 1. The van der Waals surface area contributed by atoms with Crippen molar-refractivity contribution >= 4 is 28.0 Å². The van der Waals surface area contributed by atoms with Gasteiger partial charge in [-0.15, -0.1) is 0 Å².